The Balaban J connectivity index is 2.46. The summed E-state index contributed by atoms with van der Waals surface area (Å²) in [5.74, 6) is 0. The molecule has 1 heterocycles. The van der Waals surface area contributed by atoms with Crippen molar-refractivity contribution in [3.05, 3.63) is 55.7 Å². The first-order chi connectivity index (χ1) is 8.63. The maximum atomic E-state index is 3.60. The van der Waals surface area contributed by atoms with E-state index < -0.39 is 0 Å². The van der Waals surface area contributed by atoms with Gasteiger partial charge < -0.3 is 5.32 Å². The van der Waals surface area contributed by atoms with Crippen molar-refractivity contribution < 1.29 is 0 Å². The molecule has 1 unspecified atom stereocenters. The molecule has 0 bridgehead atoms. The maximum absolute atomic E-state index is 3.60. The van der Waals surface area contributed by atoms with Gasteiger partial charge in [0.1, 0.15) is 0 Å². The SMILES string of the molecule is CCNC(c1ccccc1C)c1cc(Br)sc1C. The van der Waals surface area contributed by atoms with Crippen molar-refractivity contribution in [3.63, 3.8) is 0 Å². The lowest BCUT2D eigenvalue weighted by molar-refractivity contribution is 0.627. The monoisotopic (exact) mass is 323 g/mol. The fourth-order valence-electron chi connectivity index (χ4n) is 2.25. The molecule has 0 saturated heterocycles. The van der Waals surface area contributed by atoms with E-state index in [9.17, 15) is 0 Å². The highest BCUT2D eigenvalue weighted by atomic mass is 79.9. The van der Waals surface area contributed by atoms with E-state index in [2.05, 4.69) is 72.3 Å². The minimum atomic E-state index is 0.291. The minimum absolute atomic E-state index is 0.291. The molecule has 0 aliphatic heterocycles. The third kappa shape index (κ3) is 2.85. The Labute approximate surface area is 121 Å². The fraction of sp³-hybridized carbons (Fsp3) is 0.333. The zero-order chi connectivity index (χ0) is 13.1. The molecule has 1 aromatic carbocycles. The summed E-state index contributed by atoms with van der Waals surface area (Å²) >= 11 is 5.38. The molecule has 96 valence electrons. The van der Waals surface area contributed by atoms with Crippen LogP contribution in [-0.2, 0) is 0 Å². The zero-order valence-electron chi connectivity index (χ0n) is 11.0. The molecule has 0 saturated carbocycles. The van der Waals surface area contributed by atoms with E-state index >= 15 is 0 Å². The summed E-state index contributed by atoms with van der Waals surface area (Å²) in [6.07, 6.45) is 0. The van der Waals surface area contributed by atoms with Gasteiger partial charge in [0.2, 0.25) is 0 Å². The summed E-state index contributed by atoms with van der Waals surface area (Å²) < 4.78 is 1.20. The van der Waals surface area contributed by atoms with Crippen molar-refractivity contribution in [3.8, 4) is 0 Å². The van der Waals surface area contributed by atoms with Crippen molar-refractivity contribution in [2.75, 3.05) is 6.54 Å². The highest BCUT2D eigenvalue weighted by Gasteiger charge is 2.18. The largest absolute Gasteiger partial charge is 0.306 e. The van der Waals surface area contributed by atoms with Crippen LogP contribution in [0.1, 0.15) is 34.5 Å². The molecule has 3 heteroatoms. The van der Waals surface area contributed by atoms with Crippen LogP contribution in [0.5, 0.6) is 0 Å². The summed E-state index contributed by atoms with van der Waals surface area (Å²) in [5.41, 5.74) is 4.08. The van der Waals surface area contributed by atoms with Gasteiger partial charge in [0.05, 0.1) is 9.83 Å². The van der Waals surface area contributed by atoms with Gasteiger partial charge in [-0.1, -0.05) is 31.2 Å². The predicted molar refractivity (Wildman–Crippen MR) is 83.5 cm³/mol. The average Bonchev–Trinajstić information content (AvgIpc) is 2.66. The second-order valence-electron chi connectivity index (χ2n) is 4.41. The third-order valence-electron chi connectivity index (χ3n) is 3.14. The first kappa shape index (κ1) is 13.8. The first-order valence-corrected chi connectivity index (χ1v) is 7.79. The molecule has 1 atom stereocenters. The number of thiophene rings is 1. The maximum Gasteiger partial charge on any atom is 0.0704 e. The van der Waals surface area contributed by atoms with E-state index in [0.717, 1.165) is 6.54 Å². The van der Waals surface area contributed by atoms with Gasteiger partial charge in [0.15, 0.2) is 0 Å². The van der Waals surface area contributed by atoms with Crippen molar-refractivity contribution in [2.45, 2.75) is 26.8 Å². The molecule has 1 N–H and O–H groups in total. The van der Waals surface area contributed by atoms with Crippen LogP contribution >= 0.6 is 27.3 Å². The molecule has 2 rings (SSSR count). The summed E-state index contributed by atoms with van der Waals surface area (Å²) in [6.45, 7) is 7.48. The molecular formula is C15H18BrNS. The van der Waals surface area contributed by atoms with Crippen LogP contribution in [0.2, 0.25) is 0 Å². The third-order valence-corrected chi connectivity index (χ3v) is 4.71. The Kier molecular flexibility index (Phi) is 4.60. The van der Waals surface area contributed by atoms with Gasteiger partial charge in [0.25, 0.3) is 0 Å². The Morgan fingerprint density at radius 1 is 1.22 bits per heavy atom. The molecule has 18 heavy (non-hydrogen) atoms. The van der Waals surface area contributed by atoms with Crippen LogP contribution in [0.4, 0.5) is 0 Å². The van der Waals surface area contributed by atoms with Gasteiger partial charge in [-0.3, -0.25) is 0 Å². The summed E-state index contributed by atoms with van der Waals surface area (Å²) in [6, 6.07) is 11.1. The number of rotatable bonds is 4. The second-order valence-corrected chi connectivity index (χ2v) is 7.04. The van der Waals surface area contributed by atoms with Gasteiger partial charge in [-0.2, -0.15) is 0 Å². The quantitative estimate of drug-likeness (QED) is 0.850. The highest BCUT2D eigenvalue weighted by molar-refractivity contribution is 9.11. The summed E-state index contributed by atoms with van der Waals surface area (Å²) in [7, 11) is 0. The number of nitrogens with one attached hydrogen (secondary N) is 1. The standard InChI is InChI=1S/C15H18BrNS/c1-4-17-15(12-8-6-5-7-10(12)2)13-9-14(16)18-11(13)3/h5-9,15,17H,4H2,1-3H3. The lowest BCUT2D eigenvalue weighted by Gasteiger charge is -2.20. The van der Waals surface area contributed by atoms with Crippen LogP contribution < -0.4 is 5.32 Å². The molecule has 0 spiro atoms. The highest BCUT2D eigenvalue weighted by Crippen LogP contribution is 2.34. The van der Waals surface area contributed by atoms with Crippen LogP contribution in [0.3, 0.4) is 0 Å². The topological polar surface area (TPSA) is 12.0 Å². The molecule has 0 aliphatic carbocycles. The molecule has 0 fully saturated rings. The average molecular weight is 324 g/mol. The Hall–Kier alpha value is -0.640. The molecule has 0 aliphatic rings. The molecule has 0 amide bonds. The number of hydrogen-bond donors (Lipinski definition) is 1. The number of benzene rings is 1. The van der Waals surface area contributed by atoms with E-state index in [4.69, 9.17) is 0 Å². The molecule has 0 radical (unpaired) electrons. The van der Waals surface area contributed by atoms with Gasteiger partial charge >= 0.3 is 0 Å². The van der Waals surface area contributed by atoms with Crippen molar-refractivity contribution in [1.82, 2.24) is 5.32 Å². The Morgan fingerprint density at radius 3 is 2.50 bits per heavy atom. The van der Waals surface area contributed by atoms with Gasteiger partial charge in [-0.05, 0) is 59.1 Å². The minimum Gasteiger partial charge on any atom is -0.306 e. The Morgan fingerprint density at radius 2 is 1.94 bits per heavy atom. The van der Waals surface area contributed by atoms with Crippen molar-refractivity contribution >= 4 is 27.3 Å². The Bertz CT molecular complexity index is 533. The normalized spacial score (nSPS) is 12.7. The number of hydrogen-bond acceptors (Lipinski definition) is 2. The van der Waals surface area contributed by atoms with Crippen LogP contribution in [0, 0.1) is 13.8 Å². The number of aryl methyl sites for hydroxylation is 2. The predicted octanol–water partition coefficient (Wildman–Crippen LogP) is 4.83. The fourth-order valence-corrected chi connectivity index (χ4v) is 4.00. The van der Waals surface area contributed by atoms with Crippen LogP contribution in [0.25, 0.3) is 0 Å². The van der Waals surface area contributed by atoms with Crippen LogP contribution in [0.15, 0.2) is 34.1 Å². The van der Waals surface area contributed by atoms with E-state index in [1.54, 1.807) is 11.3 Å². The van der Waals surface area contributed by atoms with Crippen molar-refractivity contribution in [2.24, 2.45) is 0 Å². The van der Waals surface area contributed by atoms with Gasteiger partial charge in [-0.15, -0.1) is 11.3 Å². The van der Waals surface area contributed by atoms with Gasteiger partial charge in [0, 0.05) is 4.88 Å². The lowest BCUT2D eigenvalue weighted by Crippen LogP contribution is -2.22. The van der Waals surface area contributed by atoms with Gasteiger partial charge in [-0.25, -0.2) is 0 Å². The molecular weight excluding hydrogens is 306 g/mol. The lowest BCUT2D eigenvalue weighted by atomic mass is 9.95. The van der Waals surface area contributed by atoms with E-state index in [1.807, 2.05) is 0 Å². The summed E-state index contributed by atoms with van der Waals surface area (Å²) in [5, 5.41) is 3.60. The van der Waals surface area contributed by atoms with E-state index in [1.165, 1.54) is 25.4 Å². The van der Waals surface area contributed by atoms with Crippen molar-refractivity contribution in [1.29, 1.82) is 0 Å². The number of halogens is 1. The summed E-state index contributed by atoms with van der Waals surface area (Å²) in [4.78, 5) is 1.37. The smallest absolute Gasteiger partial charge is 0.0704 e. The molecule has 2 aromatic rings. The van der Waals surface area contributed by atoms with Crippen LogP contribution in [-0.4, -0.2) is 6.54 Å². The molecule has 1 aromatic heterocycles. The molecule has 1 nitrogen and oxygen atoms in total. The zero-order valence-corrected chi connectivity index (χ0v) is 13.4. The van der Waals surface area contributed by atoms with E-state index in [0.29, 0.717) is 6.04 Å². The van der Waals surface area contributed by atoms with E-state index in [-0.39, 0.29) is 0 Å². The second kappa shape index (κ2) is 6.00. The first-order valence-electron chi connectivity index (χ1n) is 6.18.